The van der Waals surface area contributed by atoms with Gasteiger partial charge in [-0.1, -0.05) is 36.4 Å². The van der Waals surface area contributed by atoms with E-state index in [0.717, 1.165) is 34.9 Å². The van der Waals surface area contributed by atoms with Crippen LogP contribution in [0.1, 0.15) is 0 Å². The van der Waals surface area contributed by atoms with Gasteiger partial charge < -0.3 is 0 Å². The van der Waals surface area contributed by atoms with Gasteiger partial charge in [0.1, 0.15) is 0 Å². The van der Waals surface area contributed by atoms with Crippen LogP contribution in [0.15, 0.2) is 257 Å². The summed E-state index contributed by atoms with van der Waals surface area (Å²) in [4.78, 5) is 24.7. The van der Waals surface area contributed by atoms with Crippen LogP contribution in [-0.2, 0) is 33.6 Å². The third kappa shape index (κ3) is 16.3. The van der Waals surface area contributed by atoms with Crippen LogP contribution in [0.2, 0.25) is 0 Å². The zero-order chi connectivity index (χ0) is 45.1. The summed E-state index contributed by atoms with van der Waals surface area (Å²) in [6.45, 7) is 0. The second-order valence-corrected chi connectivity index (χ2v) is 12.8. The number of rotatable bonds is 6. The first kappa shape index (κ1) is 50.2. The SMILES string of the molecule is [Co].[Co].c1ccc(-n2cccn2)nc1.c1ccc(-n2cccn2)nc1.c1ccc(-n2cccn2)nc1.c1ccc(-n2cccn2)nc1.c1ccc(-n2cccn2)nc1.c1ccc(-n2cccn2)nc1. The Morgan fingerprint density at radius 2 is 0.353 bits per heavy atom. The summed E-state index contributed by atoms with van der Waals surface area (Å²) in [5, 5.41) is 24.2. The fourth-order valence-electron chi connectivity index (χ4n) is 5.36. The van der Waals surface area contributed by atoms with Gasteiger partial charge in [0.2, 0.25) is 0 Å². The molecule has 18 nitrogen and oxygen atoms in total. The Kier molecular flexibility index (Phi) is 21.3. The molecular formula is C48H42Co2N18. The third-order valence-corrected chi connectivity index (χ3v) is 8.33. The Morgan fingerprint density at radius 3 is 0.456 bits per heavy atom. The molecule has 0 spiro atoms. The molecule has 20 heteroatoms. The van der Waals surface area contributed by atoms with E-state index in [1.807, 2.05) is 183 Å². The van der Waals surface area contributed by atoms with E-state index in [-0.39, 0.29) is 33.6 Å². The Labute approximate surface area is 412 Å². The van der Waals surface area contributed by atoms with E-state index in [1.54, 1.807) is 102 Å². The van der Waals surface area contributed by atoms with Crippen molar-refractivity contribution in [2.75, 3.05) is 0 Å². The summed E-state index contributed by atoms with van der Waals surface area (Å²) in [5.41, 5.74) is 0. The molecule has 2 radical (unpaired) electrons. The summed E-state index contributed by atoms with van der Waals surface area (Å²) >= 11 is 0. The van der Waals surface area contributed by atoms with E-state index in [9.17, 15) is 0 Å². The summed E-state index contributed by atoms with van der Waals surface area (Å²) in [7, 11) is 0. The molecule has 0 saturated heterocycles. The van der Waals surface area contributed by atoms with Crippen molar-refractivity contribution in [1.29, 1.82) is 0 Å². The minimum Gasteiger partial charge on any atom is -0.237 e. The minimum absolute atomic E-state index is 0. The van der Waals surface area contributed by atoms with E-state index < -0.39 is 0 Å². The van der Waals surface area contributed by atoms with Gasteiger partial charge in [0, 0.05) is 145 Å². The molecule has 0 aliphatic carbocycles. The molecular weight excluding hydrogens is 947 g/mol. The number of aromatic nitrogens is 18. The molecule has 0 atom stereocenters. The molecule has 0 amide bonds. The Hall–Kier alpha value is -8.83. The van der Waals surface area contributed by atoms with Crippen LogP contribution in [0, 0.1) is 0 Å². The maximum Gasteiger partial charge on any atom is 0.153 e. The molecule has 342 valence electrons. The predicted molar refractivity (Wildman–Crippen MR) is 248 cm³/mol. The maximum absolute atomic E-state index is 4.12. The van der Waals surface area contributed by atoms with Crippen LogP contribution in [0.5, 0.6) is 0 Å². The standard InChI is InChI=1S/6C8H7N3.2Co/c6*1-2-5-9-8(4-1)11-7-3-6-10-11;;/h6*1-7H;;. The van der Waals surface area contributed by atoms with Gasteiger partial charge >= 0.3 is 0 Å². The normalized spacial score (nSPS) is 9.53. The molecule has 68 heavy (non-hydrogen) atoms. The Balaban J connectivity index is 0.000000152. The summed E-state index contributed by atoms with van der Waals surface area (Å²) in [6.07, 6.45) is 32.0. The van der Waals surface area contributed by atoms with Crippen molar-refractivity contribution in [3.8, 4) is 34.9 Å². The number of nitrogens with zero attached hydrogens (tertiary/aromatic N) is 18. The first-order valence-corrected chi connectivity index (χ1v) is 20.3. The van der Waals surface area contributed by atoms with E-state index >= 15 is 0 Å². The monoisotopic (exact) mass is 988 g/mol. The Morgan fingerprint density at radius 1 is 0.191 bits per heavy atom. The fourth-order valence-corrected chi connectivity index (χ4v) is 5.36. The van der Waals surface area contributed by atoms with Crippen LogP contribution >= 0.6 is 0 Å². The zero-order valence-electron chi connectivity index (χ0n) is 36.0. The van der Waals surface area contributed by atoms with Crippen molar-refractivity contribution in [3.05, 3.63) is 257 Å². The molecule has 0 N–H and O–H groups in total. The van der Waals surface area contributed by atoms with Gasteiger partial charge in [-0.3, -0.25) is 0 Å². The van der Waals surface area contributed by atoms with E-state index in [2.05, 4.69) is 60.5 Å². The van der Waals surface area contributed by atoms with Gasteiger partial charge in [-0.05, 0) is 109 Å². The first-order chi connectivity index (χ1) is 32.8. The summed E-state index contributed by atoms with van der Waals surface area (Å²) in [5.74, 6) is 5.07. The van der Waals surface area contributed by atoms with Crippen molar-refractivity contribution < 1.29 is 33.6 Å². The third-order valence-electron chi connectivity index (χ3n) is 8.33. The average molecular weight is 989 g/mol. The molecule has 0 aromatic carbocycles. The van der Waals surface area contributed by atoms with Crippen molar-refractivity contribution in [2.45, 2.75) is 0 Å². The summed E-state index contributed by atoms with van der Waals surface area (Å²) < 4.78 is 10.3. The van der Waals surface area contributed by atoms with E-state index in [4.69, 9.17) is 0 Å². The molecule has 12 aromatic heterocycles. The van der Waals surface area contributed by atoms with Gasteiger partial charge in [-0.25, -0.2) is 58.0 Å². The molecule has 12 rings (SSSR count). The minimum atomic E-state index is 0. The van der Waals surface area contributed by atoms with Crippen LogP contribution in [0.4, 0.5) is 0 Å². The van der Waals surface area contributed by atoms with E-state index in [1.165, 1.54) is 0 Å². The first-order valence-electron chi connectivity index (χ1n) is 20.3. The van der Waals surface area contributed by atoms with Gasteiger partial charge in [-0.2, -0.15) is 30.6 Å². The topological polar surface area (TPSA) is 184 Å². The van der Waals surface area contributed by atoms with Gasteiger partial charge in [0.15, 0.2) is 34.9 Å². The van der Waals surface area contributed by atoms with Gasteiger partial charge in [-0.15, -0.1) is 0 Å². The van der Waals surface area contributed by atoms with Crippen LogP contribution in [0.25, 0.3) is 34.9 Å². The van der Waals surface area contributed by atoms with Crippen molar-refractivity contribution in [1.82, 2.24) is 88.6 Å². The zero-order valence-corrected chi connectivity index (χ0v) is 38.0. The van der Waals surface area contributed by atoms with Crippen LogP contribution in [0.3, 0.4) is 0 Å². The second-order valence-electron chi connectivity index (χ2n) is 12.8. The van der Waals surface area contributed by atoms with Crippen molar-refractivity contribution in [2.24, 2.45) is 0 Å². The summed E-state index contributed by atoms with van der Waals surface area (Å²) in [6, 6.07) is 45.6. The molecule has 12 aromatic rings. The molecule has 12 heterocycles. The number of hydrogen-bond donors (Lipinski definition) is 0. The molecule has 0 aliphatic heterocycles. The van der Waals surface area contributed by atoms with Crippen molar-refractivity contribution >= 4 is 0 Å². The van der Waals surface area contributed by atoms with E-state index in [0.29, 0.717) is 0 Å². The van der Waals surface area contributed by atoms with Crippen LogP contribution < -0.4 is 0 Å². The molecule has 0 fully saturated rings. The van der Waals surface area contributed by atoms with Crippen LogP contribution in [-0.4, -0.2) is 88.6 Å². The maximum atomic E-state index is 4.12. The number of pyridine rings is 6. The van der Waals surface area contributed by atoms with Gasteiger partial charge in [0.05, 0.1) is 0 Å². The van der Waals surface area contributed by atoms with Gasteiger partial charge in [0.25, 0.3) is 0 Å². The molecule has 0 saturated carbocycles. The number of hydrogen-bond acceptors (Lipinski definition) is 12. The molecule has 0 aliphatic rings. The Bertz CT molecular complexity index is 2430. The molecule has 0 bridgehead atoms. The fraction of sp³-hybridized carbons (Fsp3) is 0. The average Bonchev–Trinajstić information content (AvgIpc) is 4.26. The predicted octanol–water partition coefficient (Wildman–Crippen LogP) is 7.60. The van der Waals surface area contributed by atoms with Crippen molar-refractivity contribution in [3.63, 3.8) is 0 Å². The molecule has 0 unspecified atom stereocenters. The largest absolute Gasteiger partial charge is 0.237 e. The smallest absolute Gasteiger partial charge is 0.153 e. The quantitative estimate of drug-likeness (QED) is 0.159. The second kappa shape index (κ2) is 28.9.